The van der Waals surface area contributed by atoms with Crippen LogP contribution >= 0.6 is 27.3 Å². The summed E-state index contributed by atoms with van der Waals surface area (Å²) in [6, 6.07) is 4.10. The number of aromatic nitrogens is 3. The Morgan fingerprint density at radius 3 is 3.00 bits per heavy atom. The van der Waals surface area contributed by atoms with E-state index in [1.807, 2.05) is 17.9 Å². The van der Waals surface area contributed by atoms with Crippen molar-refractivity contribution < 1.29 is 4.79 Å². The van der Waals surface area contributed by atoms with Crippen LogP contribution in [0.1, 0.15) is 26.6 Å². The van der Waals surface area contributed by atoms with Gasteiger partial charge in [-0.05, 0) is 40.5 Å². The van der Waals surface area contributed by atoms with Gasteiger partial charge < -0.3 is 4.90 Å². The fraction of sp³-hybridized carbons (Fsp3) is 0.250. The molecule has 4 rings (SSSR count). The zero-order valence-electron chi connectivity index (χ0n) is 12.4. The molecule has 0 N–H and O–H groups in total. The summed E-state index contributed by atoms with van der Waals surface area (Å²) in [6.45, 7) is 3.14. The van der Waals surface area contributed by atoms with E-state index in [-0.39, 0.29) is 5.91 Å². The third-order valence-electron chi connectivity index (χ3n) is 4.01. The molecule has 0 spiro atoms. The van der Waals surface area contributed by atoms with Gasteiger partial charge in [0.15, 0.2) is 5.65 Å². The highest BCUT2D eigenvalue weighted by Crippen LogP contribution is 2.25. The van der Waals surface area contributed by atoms with Crippen molar-refractivity contribution in [3.05, 3.63) is 50.1 Å². The second-order valence-corrected chi connectivity index (χ2v) is 7.31. The van der Waals surface area contributed by atoms with E-state index in [9.17, 15) is 4.79 Å². The average Bonchev–Trinajstić information content (AvgIpc) is 2.97. The number of carbonyl (C=O) groups is 1. The summed E-state index contributed by atoms with van der Waals surface area (Å²) in [6.07, 6.45) is 2.51. The number of aryl methyl sites for hydroxylation is 1. The molecule has 0 bridgehead atoms. The van der Waals surface area contributed by atoms with Crippen LogP contribution in [0.3, 0.4) is 0 Å². The Kier molecular flexibility index (Phi) is 3.61. The monoisotopic (exact) mass is 388 g/mol. The summed E-state index contributed by atoms with van der Waals surface area (Å²) in [5, 5.41) is 0.987. The number of hydrogen-bond donors (Lipinski definition) is 0. The highest BCUT2D eigenvalue weighted by Gasteiger charge is 2.25. The summed E-state index contributed by atoms with van der Waals surface area (Å²) in [5.74, 6) is 0.0584. The van der Waals surface area contributed by atoms with Gasteiger partial charge >= 0.3 is 0 Å². The molecule has 0 aliphatic carbocycles. The first-order valence-corrected chi connectivity index (χ1v) is 8.92. The normalized spacial score (nSPS) is 14.1. The van der Waals surface area contributed by atoms with Gasteiger partial charge in [-0.15, -0.1) is 11.3 Å². The summed E-state index contributed by atoms with van der Waals surface area (Å²) in [5.41, 5.74) is 5.41. The molecule has 5 nitrogen and oxygen atoms in total. The lowest BCUT2D eigenvalue weighted by atomic mass is 10.0. The standard InChI is InChI=1S/C16H13BrN4OS/c1-9-14(23-8-19-9)16(22)21-3-2-13-11(7-21)4-10-5-12(17)6-18-15(10)20-13/h4-6,8H,2-3,7H2,1H3. The predicted molar refractivity (Wildman–Crippen MR) is 92.5 cm³/mol. The molecule has 0 radical (unpaired) electrons. The van der Waals surface area contributed by atoms with Crippen LogP contribution in [0.4, 0.5) is 0 Å². The molecule has 4 heterocycles. The summed E-state index contributed by atoms with van der Waals surface area (Å²) in [7, 11) is 0. The van der Waals surface area contributed by atoms with Crippen molar-refractivity contribution in [1.29, 1.82) is 0 Å². The van der Waals surface area contributed by atoms with Crippen molar-refractivity contribution in [1.82, 2.24) is 19.9 Å². The number of halogens is 1. The van der Waals surface area contributed by atoms with Gasteiger partial charge in [-0.1, -0.05) is 0 Å². The third-order valence-corrected chi connectivity index (χ3v) is 5.36. The van der Waals surface area contributed by atoms with Gasteiger partial charge in [0.05, 0.1) is 11.2 Å². The molecular formula is C16H13BrN4OS. The SMILES string of the molecule is Cc1ncsc1C(=O)N1CCc2nc3ncc(Br)cc3cc2C1. The maximum absolute atomic E-state index is 12.7. The van der Waals surface area contributed by atoms with Gasteiger partial charge in [-0.2, -0.15) is 0 Å². The van der Waals surface area contributed by atoms with Gasteiger partial charge in [-0.3, -0.25) is 4.79 Å². The molecular weight excluding hydrogens is 376 g/mol. The van der Waals surface area contributed by atoms with Crippen LogP contribution in [0.15, 0.2) is 28.3 Å². The quantitative estimate of drug-likeness (QED) is 0.641. The Balaban J connectivity index is 1.68. The Bertz CT molecular complexity index is 924. The topological polar surface area (TPSA) is 59.0 Å². The van der Waals surface area contributed by atoms with Crippen molar-refractivity contribution >= 4 is 44.2 Å². The van der Waals surface area contributed by atoms with Crippen molar-refractivity contribution in [3.63, 3.8) is 0 Å². The van der Waals surface area contributed by atoms with Gasteiger partial charge in [0.1, 0.15) is 4.88 Å². The molecule has 1 aliphatic heterocycles. The number of amides is 1. The molecule has 0 unspecified atom stereocenters. The van der Waals surface area contributed by atoms with Gasteiger partial charge in [-0.25, -0.2) is 15.0 Å². The van der Waals surface area contributed by atoms with Crippen LogP contribution in [-0.4, -0.2) is 32.3 Å². The minimum Gasteiger partial charge on any atom is -0.333 e. The van der Waals surface area contributed by atoms with Crippen molar-refractivity contribution in [2.24, 2.45) is 0 Å². The minimum absolute atomic E-state index is 0.0584. The third kappa shape index (κ3) is 2.64. The molecule has 23 heavy (non-hydrogen) atoms. The molecule has 0 saturated heterocycles. The van der Waals surface area contributed by atoms with E-state index in [0.29, 0.717) is 13.1 Å². The lowest BCUT2D eigenvalue weighted by Gasteiger charge is -2.28. The van der Waals surface area contributed by atoms with E-state index < -0.39 is 0 Å². The van der Waals surface area contributed by atoms with E-state index in [0.717, 1.165) is 43.8 Å². The first kappa shape index (κ1) is 14.7. The van der Waals surface area contributed by atoms with Crippen LogP contribution in [0, 0.1) is 6.92 Å². The molecule has 0 atom stereocenters. The molecule has 1 amide bonds. The highest BCUT2D eigenvalue weighted by atomic mass is 79.9. The van der Waals surface area contributed by atoms with E-state index in [4.69, 9.17) is 0 Å². The zero-order valence-corrected chi connectivity index (χ0v) is 14.8. The number of pyridine rings is 2. The number of carbonyl (C=O) groups excluding carboxylic acids is 1. The Hall–Kier alpha value is -1.86. The molecule has 3 aromatic rings. The first-order valence-electron chi connectivity index (χ1n) is 7.25. The molecule has 0 fully saturated rings. The number of rotatable bonds is 1. The summed E-state index contributed by atoms with van der Waals surface area (Å²) < 4.78 is 0.927. The number of thiazole rings is 1. The maximum Gasteiger partial charge on any atom is 0.266 e. The van der Waals surface area contributed by atoms with E-state index in [2.05, 4.69) is 36.9 Å². The Morgan fingerprint density at radius 1 is 1.35 bits per heavy atom. The first-order chi connectivity index (χ1) is 11.1. The second-order valence-electron chi connectivity index (χ2n) is 5.54. The zero-order chi connectivity index (χ0) is 16.0. The van der Waals surface area contributed by atoms with Gasteiger partial charge in [0.2, 0.25) is 0 Å². The number of hydrogen-bond acceptors (Lipinski definition) is 5. The van der Waals surface area contributed by atoms with E-state index in [1.165, 1.54) is 11.3 Å². The lowest BCUT2D eigenvalue weighted by molar-refractivity contribution is 0.0737. The maximum atomic E-state index is 12.7. The van der Waals surface area contributed by atoms with Gasteiger partial charge in [0, 0.05) is 41.3 Å². The highest BCUT2D eigenvalue weighted by molar-refractivity contribution is 9.10. The van der Waals surface area contributed by atoms with E-state index >= 15 is 0 Å². The number of fused-ring (bicyclic) bond motifs is 2. The summed E-state index contributed by atoms with van der Waals surface area (Å²) in [4.78, 5) is 28.4. The largest absolute Gasteiger partial charge is 0.333 e. The fourth-order valence-corrected chi connectivity index (χ4v) is 3.94. The Labute approximate surface area is 145 Å². The van der Waals surface area contributed by atoms with Gasteiger partial charge in [0.25, 0.3) is 5.91 Å². The second kappa shape index (κ2) is 5.65. The molecule has 1 aliphatic rings. The fourth-order valence-electron chi connectivity index (χ4n) is 2.82. The minimum atomic E-state index is 0.0584. The molecule has 0 aromatic carbocycles. The van der Waals surface area contributed by atoms with Crippen molar-refractivity contribution in [2.75, 3.05) is 6.54 Å². The van der Waals surface area contributed by atoms with E-state index in [1.54, 1.807) is 11.7 Å². The molecule has 3 aromatic heterocycles. The lowest BCUT2D eigenvalue weighted by Crippen LogP contribution is -2.36. The van der Waals surface area contributed by atoms with Crippen LogP contribution in [0.25, 0.3) is 11.0 Å². The molecule has 7 heteroatoms. The molecule has 0 saturated carbocycles. The Morgan fingerprint density at radius 2 is 2.22 bits per heavy atom. The predicted octanol–water partition coefficient (Wildman–Crippen LogP) is 3.36. The smallest absolute Gasteiger partial charge is 0.266 e. The van der Waals surface area contributed by atoms with Crippen LogP contribution < -0.4 is 0 Å². The van der Waals surface area contributed by atoms with Crippen molar-refractivity contribution in [3.8, 4) is 0 Å². The van der Waals surface area contributed by atoms with Crippen LogP contribution in [-0.2, 0) is 13.0 Å². The summed E-state index contributed by atoms with van der Waals surface area (Å²) >= 11 is 4.84. The van der Waals surface area contributed by atoms with Crippen LogP contribution in [0.2, 0.25) is 0 Å². The van der Waals surface area contributed by atoms with Crippen molar-refractivity contribution in [2.45, 2.75) is 19.9 Å². The average molecular weight is 389 g/mol. The van der Waals surface area contributed by atoms with Crippen LogP contribution in [0.5, 0.6) is 0 Å². The molecule has 116 valence electrons. The number of nitrogens with zero attached hydrogens (tertiary/aromatic N) is 4.